The van der Waals surface area contributed by atoms with E-state index in [9.17, 15) is 4.79 Å². The lowest BCUT2D eigenvalue weighted by molar-refractivity contribution is -0.148. The summed E-state index contributed by atoms with van der Waals surface area (Å²) in [6.07, 6.45) is 1.37. The van der Waals surface area contributed by atoms with Crippen LogP contribution in [0.15, 0.2) is 0 Å². The van der Waals surface area contributed by atoms with Crippen molar-refractivity contribution < 1.29 is 14.3 Å². The molecule has 4 nitrogen and oxygen atoms in total. The Morgan fingerprint density at radius 1 is 1.22 bits per heavy atom. The van der Waals surface area contributed by atoms with E-state index in [4.69, 9.17) is 15.2 Å². The zero-order valence-electron chi connectivity index (χ0n) is 12.5. The summed E-state index contributed by atoms with van der Waals surface area (Å²) in [6, 6.07) is 0. The van der Waals surface area contributed by atoms with E-state index in [0.717, 1.165) is 6.42 Å². The number of esters is 1. The van der Waals surface area contributed by atoms with Crippen LogP contribution in [-0.4, -0.2) is 31.3 Å². The molecule has 0 unspecified atom stereocenters. The quantitative estimate of drug-likeness (QED) is 0.537. The molecule has 0 aliphatic heterocycles. The van der Waals surface area contributed by atoms with Crippen molar-refractivity contribution in [1.29, 1.82) is 0 Å². The van der Waals surface area contributed by atoms with E-state index >= 15 is 0 Å². The average Bonchev–Trinajstić information content (AvgIpc) is 2.21. The van der Waals surface area contributed by atoms with Gasteiger partial charge in [0.1, 0.15) is 6.61 Å². The van der Waals surface area contributed by atoms with E-state index in [2.05, 4.69) is 13.8 Å². The first-order valence-electron chi connectivity index (χ1n) is 6.74. The molecule has 1 atom stereocenters. The Morgan fingerprint density at radius 2 is 1.83 bits per heavy atom. The van der Waals surface area contributed by atoms with Crippen molar-refractivity contribution in [2.75, 3.05) is 19.8 Å². The summed E-state index contributed by atoms with van der Waals surface area (Å²) in [5.41, 5.74) is 5.46. The number of ether oxygens (including phenoxy) is 2. The van der Waals surface area contributed by atoms with Gasteiger partial charge in [0.25, 0.3) is 0 Å². The van der Waals surface area contributed by atoms with E-state index in [-0.39, 0.29) is 17.5 Å². The Morgan fingerprint density at radius 3 is 2.28 bits per heavy atom. The van der Waals surface area contributed by atoms with Crippen molar-refractivity contribution in [3.63, 3.8) is 0 Å². The van der Waals surface area contributed by atoms with Crippen LogP contribution in [0, 0.1) is 11.8 Å². The summed E-state index contributed by atoms with van der Waals surface area (Å²) in [4.78, 5) is 11.6. The topological polar surface area (TPSA) is 61.6 Å². The highest BCUT2D eigenvalue weighted by molar-refractivity contribution is 5.69. The van der Waals surface area contributed by atoms with Crippen molar-refractivity contribution >= 4 is 5.97 Å². The van der Waals surface area contributed by atoms with Crippen molar-refractivity contribution in [2.45, 2.75) is 53.1 Å². The molecule has 0 aromatic rings. The van der Waals surface area contributed by atoms with E-state index in [1.165, 1.54) is 0 Å². The highest BCUT2D eigenvalue weighted by Crippen LogP contribution is 2.14. The first kappa shape index (κ1) is 17.4. The molecule has 108 valence electrons. The van der Waals surface area contributed by atoms with Crippen molar-refractivity contribution in [1.82, 2.24) is 0 Å². The maximum Gasteiger partial charge on any atom is 0.306 e. The predicted octanol–water partition coefficient (Wildman–Crippen LogP) is 2.36. The smallest absolute Gasteiger partial charge is 0.306 e. The highest BCUT2D eigenvalue weighted by Gasteiger charge is 2.15. The third-order valence-corrected chi connectivity index (χ3v) is 2.47. The van der Waals surface area contributed by atoms with Crippen LogP contribution in [0.4, 0.5) is 0 Å². The maximum atomic E-state index is 11.6. The Labute approximate surface area is 111 Å². The van der Waals surface area contributed by atoms with Gasteiger partial charge in [-0.2, -0.15) is 0 Å². The van der Waals surface area contributed by atoms with Crippen molar-refractivity contribution in [3.05, 3.63) is 0 Å². The second kappa shape index (κ2) is 8.48. The number of hydrogen-bond acceptors (Lipinski definition) is 4. The molecule has 0 aliphatic carbocycles. The maximum absolute atomic E-state index is 11.6. The molecule has 18 heavy (non-hydrogen) atoms. The summed E-state index contributed by atoms with van der Waals surface area (Å²) >= 11 is 0. The SMILES string of the molecule is CC(C)C[C@H](CN)CC(=O)OCCOC(C)(C)C. The molecule has 0 radical (unpaired) electrons. The molecule has 0 amide bonds. The normalized spacial score (nSPS) is 13.7. The average molecular weight is 259 g/mol. The number of rotatable bonds is 8. The first-order chi connectivity index (χ1) is 8.24. The third-order valence-electron chi connectivity index (χ3n) is 2.47. The Bertz CT molecular complexity index is 234. The molecule has 0 bridgehead atoms. The highest BCUT2D eigenvalue weighted by atomic mass is 16.6. The van der Waals surface area contributed by atoms with Crippen LogP contribution in [-0.2, 0) is 14.3 Å². The third kappa shape index (κ3) is 10.5. The molecule has 0 aromatic heterocycles. The Kier molecular flexibility index (Phi) is 8.20. The van der Waals surface area contributed by atoms with Gasteiger partial charge < -0.3 is 15.2 Å². The summed E-state index contributed by atoms with van der Waals surface area (Å²) in [5, 5.41) is 0. The molecule has 0 aliphatic rings. The van der Waals surface area contributed by atoms with Gasteiger partial charge in [0.05, 0.1) is 12.2 Å². The molecule has 0 aromatic carbocycles. The molecule has 4 heteroatoms. The molecule has 0 fully saturated rings. The largest absolute Gasteiger partial charge is 0.463 e. The second-order valence-corrected chi connectivity index (χ2v) is 6.12. The molecule has 2 N–H and O–H groups in total. The minimum absolute atomic E-state index is 0.177. The number of nitrogens with two attached hydrogens (primary N) is 1. The molecule has 0 saturated carbocycles. The van der Waals surface area contributed by atoms with E-state index in [0.29, 0.717) is 32.1 Å². The van der Waals surface area contributed by atoms with Crippen LogP contribution in [0.25, 0.3) is 0 Å². The summed E-state index contributed by atoms with van der Waals surface area (Å²) in [6.45, 7) is 11.5. The van der Waals surface area contributed by atoms with Crippen LogP contribution < -0.4 is 5.73 Å². The van der Waals surface area contributed by atoms with Gasteiger partial charge in [-0.25, -0.2) is 0 Å². The number of carbonyl (C=O) groups excluding carboxylic acids is 1. The van der Waals surface area contributed by atoms with E-state index < -0.39 is 0 Å². The minimum atomic E-state index is -0.191. The Balaban J connectivity index is 3.75. The van der Waals surface area contributed by atoms with Gasteiger partial charge in [0.2, 0.25) is 0 Å². The minimum Gasteiger partial charge on any atom is -0.463 e. The van der Waals surface area contributed by atoms with Gasteiger partial charge in [-0.05, 0) is 45.6 Å². The zero-order valence-corrected chi connectivity index (χ0v) is 12.5. The first-order valence-corrected chi connectivity index (χ1v) is 6.74. The number of carbonyl (C=O) groups is 1. The van der Waals surface area contributed by atoms with Gasteiger partial charge in [-0.15, -0.1) is 0 Å². The Hall–Kier alpha value is -0.610. The lowest BCUT2D eigenvalue weighted by atomic mass is 9.94. The molecular weight excluding hydrogens is 230 g/mol. The van der Waals surface area contributed by atoms with Crippen molar-refractivity contribution in [2.24, 2.45) is 17.6 Å². The lowest BCUT2D eigenvalue weighted by Crippen LogP contribution is -2.24. The lowest BCUT2D eigenvalue weighted by Gasteiger charge is -2.20. The predicted molar refractivity (Wildman–Crippen MR) is 73.3 cm³/mol. The molecular formula is C14H29NO3. The molecule has 0 heterocycles. The van der Waals surface area contributed by atoms with Gasteiger partial charge in [-0.3, -0.25) is 4.79 Å². The van der Waals surface area contributed by atoms with Gasteiger partial charge >= 0.3 is 5.97 Å². The van der Waals surface area contributed by atoms with Crippen LogP contribution in [0.2, 0.25) is 0 Å². The fourth-order valence-electron chi connectivity index (χ4n) is 1.73. The van der Waals surface area contributed by atoms with Crippen LogP contribution in [0.5, 0.6) is 0 Å². The van der Waals surface area contributed by atoms with Crippen LogP contribution in [0.3, 0.4) is 0 Å². The summed E-state index contributed by atoms with van der Waals surface area (Å²) < 4.78 is 10.6. The summed E-state index contributed by atoms with van der Waals surface area (Å²) in [5.74, 6) is 0.597. The fourth-order valence-corrected chi connectivity index (χ4v) is 1.73. The van der Waals surface area contributed by atoms with Crippen molar-refractivity contribution in [3.8, 4) is 0 Å². The van der Waals surface area contributed by atoms with Crippen LogP contribution in [0.1, 0.15) is 47.5 Å². The zero-order chi connectivity index (χ0) is 14.2. The fraction of sp³-hybridized carbons (Fsp3) is 0.929. The second-order valence-electron chi connectivity index (χ2n) is 6.12. The van der Waals surface area contributed by atoms with Gasteiger partial charge in [-0.1, -0.05) is 13.8 Å². The molecule has 0 rings (SSSR count). The molecule has 0 saturated heterocycles. The van der Waals surface area contributed by atoms with E-state index in [1.54, 1.807) is 0 Å². The van der Waals surface area contributed by atoms with Gasteiger partial charge in [0.15, 0.2) is 0 Å². The van der Waals surface area contributed by atoms with Gasteiger partial charge in [0, 0.05) is 6.42 Å². The standard InChI is InChI=1S/C14H29NO3/c1-11(2)8-12(10-15)9-13(16)17-6-7-18-14(3,4)5/h11-12H,6-10,15H2,1-5H3/t12-/m0/s1. The monoisotopic (exact) mass is 259 g/mol. The van der Waals surface area contributed by atoms with Crippen LogP contribution >= 0.6 is 0 Å². The summed E-state index contributed by atoms with van der Waals surface area (Å²) in [7, 11) is 0. The van der Waals surface area contributed by atoms with E-state index in [1.807, 2.05) is 20.8 Å². The molecule has 0 spiro atoms. The number of hydrogen-bond donors (Lipinski definition) is 1.